The third-order valence-corrected chi connectivity index (χ3v) is 4.62. The SMILES string of the molecule is CC(C)CC(CN)(CC(C)C)NC1CCCCC1CO. The fourth-order valence-corrected chi connectivity index (χ4v) is 4.00. The second kappa shape index (κ2) is 8.35. The van der Waals surface area contributed by atoms with Gasteiger partial charge in [0.25, 0.3) is 0 Å². The van der Waals surface area contributed by atoms with Crippen LogP contribution in [0.3, 0.4) is 0 Å². The normalized spacial score (nSPS) is 24.6. The second-order valence-electron chi connectivity index (χ2n) is 7.66. The van der Waals surface area contributed by atoms with E-state index in [1.54, 1.807) is 0 Å². The minimum atomic E-state index is 0.0394. The first kappa shape index (κ1) is 17.9. The summed E-state index contributed by atoms with van der Waals surface area (Å²) >= 11 is 0. The van der Waals surface area contributed by atoms with Crippen LogP contribution in [0.25, 0.3) is 0 Å². The zero-order valence-electron chi connectivity index (χ0n) is 14.0. The van der Waals surface area contributed by atoms with Crippen molar-refractivity contribution in [1.29, 1.82) is 0 Å². The highest BCUT2D eigenvalue weighted by Gasteiger charge is 2.35. The number of rotatable bonds is 8. The van der Waals surface area contributed by atoms with E-state index >= 15 is 0 Å². The number of aliphatic hydroxyl groups excluding tert-OH is 1. The Hall–Kier alpha value is -0.120. The van der Waals surface area contributed by atoms with Crippen LogP contribution in [0.15, 0.2) is 0 Å². The van der Waals surface area contributed by atoms with Crippen LogP contribution in [-0.2, 0) is 0 Å². The summed E-state index contributed by atoms with van der Waals surface area (Å²) in [4.78, 5) is 0. The van der Waals surface area contributed by atoms with Gasteiger partial charge in [0, 0.05) is 24.7 Å². The van der Waals surface area contributed by atoms with E-state index < -0.39 is 0 Å². The molecule has 20 heavy (non-hydrogen) atoms. The van der Waals surface area contributed by atoms with Gasteiger partial charge in [0.2, 0.25) is 0 Å². The molecule has 0 aromatic rings. The summed E-state index contributed by atoms with van der Waals surface area (Å²) in [6.45, 7) is 10.1. The lowest BCUT2D eigenvalue weighted by Crippen LogP contribution is -2.59. The van der Waals surface area contributed by atoms with E-state index in [1.165, 1.54) is 19.3 Å². The Balaban J connectivity index is 2.80. The molecule has 0 amide bonds. The highest BCUT2D eigenvalue weighted by molar-refractivity contribution is 4.96. The Morgan fingerprint density at radius 2 is 1.65 bits per heavy atom. The van der Waals surface area contributed by atoms with Crippen LogP contribution in [0.5, 0.6) is 0 Å². The van der Waals surface area contributed by atoms with Crippen molar-refractivity contribution in [1.82, 2.24) is 5.32 Å². The van der Waals surface area contributed by atoms with Crippen molar-refractivity contribution < 1.29 is 5.11 Å². The van der Waals surface area contributed by atoms with Crippen molar-refractivity contribution in [3.8, 4) is 0 Å². The predicted molar refractivity (Wildman–Crippen MR) is 86.7 cm³/mol. The zero-order chi connectivity index (χ0) is 15.2. The maximum Gasteiger partial charge on any atom is 0.0474 e. The number of hydrogen-bond acceptors (Lipinski definition) is 3. The number of nitrogens with one attached hydrogen (secondary N) is 1. The molecule has 3 heteroatoms. The summed E-state index contributed by atoms with van der Waals surface area (Å²) in [6, 6.07) is 0.440. The molecule has 1 aliphatic rings. The molecule has 1 rings (SSSR count). The van der Waals surface area contributed by atoms with Gasteiger partial charge in [-0.1, -0.05) is 40.5 Å². The molecular formula is C17H36N2O. The Labute approximate surface area is 125 Å². The fourth-order valence-electron chi connectivity index (χ4n) is 4.00. The zero-order valence-corrected chi connectivity index (χ0v) is 14.0. The van der Waals surface area contributed by atoms with Crippen molar-refractivity contribution in [2.24, 2.45) is 23.5 Å². The molecular weight excluding hydrogens is 248 g/mol. The first-order valence-corrected chi connectivity index (χ1v) is 8.51. The van der Waals surface area contributed by atoms with Crippen molar-refractivity contribution >= 4 is 0 Å². The largest absolute Gasteiger partial charge is 0.396 e. The van der Waals surface area contributed by atoms with Gasteiger partial charge < -0.3 is 16.2 Å². The maximum absolute atomic E-state index is 9.62. The summed E-state index contributed by atoms with van der Waals surface area (Å²) in [5, 5.41) is 13.5. The van der Waals surface area contributed by atoms with E-state index in [4.69, 9.17) is 5.73 Å². The van der Waals surface area contributed by atoms with E-state index in [1.807, 2.05) is 0 Å². The van der Waals surface area contributed by atoms with E-state index in [0.29, 0.717) is 36.9 Å². The van der Waals surface area contributed by atoms with Gasteiger partial charge in [-0.05, 0) is 43.4 Å². The molecule has 0 aromatic carbocycles. The molecule has 1 aliphatic carbocycles. The van der Waals surface area contributed by atoms with E-state index in [2.05, 4.69) is 33.0 Å². The maximum atomic E-state index is 9.62. The molecule has 0 radical (unpaired) electrons. The van der Waals surface area contributed by atoms with Gasteiger partial charge >= 0.3 is 0 Å². The standard InChI is InChI=1S/C17H36N2O/c1-13(2)9-17(12-18,10-14(3)4)19-16-8-6-5-7-15(16)11-20/h13-16,19-20H,5-12,18H2,1-4H3. The molecule has 120 valence electrons. The predicted octanol–water partition coefficient (Wildman–Crippen LogP) is 2.92. The van der Waals surface area contributed by atoms with Crippen molar-refractivity contribution in [2.75, 3.05) is 13.2 Å². The third-order valence-electron chi connectivity index (χ3n) is 4.62. The molecule has 2 unspecified atom stereocenters. The van der Waals surface area contributed by atoms with Crippen LogP contribution in [-0.4, -0.2) is 29.8 Å². The topological polar surface area (TPSA) is 58.3 Å². The van der Waals surface area contributed by atoms with Gasteiger partial charge in [0.05, 0.1) is 0 Å². The number of aliphatic hydroxyl groups is 1. The quantitative estimate of drug-likeness (QED) is 0.642. The molecule has 1 saturated carbocycles. The third kappa shape index (κ3) is 5.34. The van der Waals surface area contributed by atoms with Crippen LogP contribution in [0, 0.1) is 17.8 Å². The number of nitrogens with two attached hydrogens (primary N) is 1. The molecule has 0 bridgehead atoms. The summed E-state index contributed by atoms with van der Waals surface area (Å²) in [7, 11) is 0. The Bertz CT molecular complexity index is 256. The second-order valence-corrected chi connectivity index (χ2v) is 7.66. The molecule has 0 aromatic heterocycles. The average molecular weight is 284 g/mol. The summed E-state index contributed by atoms with van der Waals surface area (Å²) in [6.07, 6.45) is 7.11. The van der Waals surface area contributed by atoms with Crippen molar-refractivity contribution in [3.05, 3.63) is 0 Å². The lowest BCUT2D eigenvalue weighted by molar-refractivity contribution is 0.111. The number of hydrogen-bond donors (Lipinski definition) is 3. The summed E-state index contributed by atoms with van der Waals surface area (Å²) in [5.41, 5.74) is 6.22. The molecule has 0 heterocycles. The molecule has 1 fully saturated rings. The highest BCUT2D eigenvalue weighted by Crippen LogP contribution is 2.30. The molecule has 0 spiro atoms. The molecule has 0 saturated heterocycles. The van der Waals surface area contributed by atoms with Gasteiger partial charge in [-0.25, -0.2) is 0 Å². The molecule has 4 N–H and O–H groups in total. The first-order chi connectivity index (χ1) is 9.42. The smallest absolute Gasteiger partial charge is 0.0474 e. The molecule has 0 aliphatic heterocycles. The summed E-state index contributed by atoms with van der Waals surface area (Å²) in [5.74, 6) is 1.69. The lowest BCUT2D eigenvalue weighted by atomic mass is 9.78. The van der Waals surface area contributed by atoms with E-state index in [9.17, 15) is 5.11 Å². The van der Waals surface area contributed by atoms with Crippen LogP contribution in [0.2, 0.25) is 0 Å². The van der Waals surface area contributed by atoms with Crippen LogP contribution in [0.4, 0.5) is 0 Å². The van der Waals surface area contributed by atoms with Crippen molar-refractivity contribution in [2.45, 2.75) is 77.8 Å². The summed E-state index contributed by atoms with van der Waals surface area (Å²) < 4.78 is 0. The Kier molecular flexibility index (Phi) is 7.49. The lowest BCUT2D eigenvalue weighted by Gasteiger charge is -2.43. The van der Waals surface area contributed by atoms with Crippen LogP contribution in [0.1, 0.15) is 66.2 Å². The minimum absolute atomic E-state index is 0.0394. The van der Waals surface area contributed by atoms with Gasteiger partial charge in [-0.3, -0.25) is 0 Å². The molecule has 3 nitrogen and oxygen atoms in total. The van der Waals surface area contributed by atoms with E-state index in [-0.39, 0.29) is 5.54 Å². The van der Waals surface area contributed by atoms with Gasteiger partial charge in [-0.15, -0.1) is 0 Å². The van der Waals surface area contributed by atoms with Crippen LogP contribution >= 0.6 is 0 Å². The first-order valence-electron chi connectivity index (χ1n) is 8.51. The van der Waals surface area contributed by atoms with Crippen molar-refractivity contribution in [3.63, 3.8) is 0 Å². The minimum Gasteiger partial charge on any atom is -0.396 e. The van der Waals surface area contributed by atoms with Gasteiger partial charge in [0.1, 0.15) is 0 Å². The van der Waals surface area contributed by atoms with E-state index in [0.717, 1.165) is 19.3 Å². The Morgan fingerprint density at radius 1 is 1.10 bits per heavy atom. The highest BCUT2D eigenvalue weighted by atomic mass is 16.3. The fraction of sp³-hybridized carbons (Fsp3) is 1.00. The van der Waals surface area contributed by atoms with Gasteiger partial charge in [-0.2, -0.15) is 0 Å². The van der Waals surface area contributed by atoms with Crippen LogP contribution < -0.4 is 11.1 Å². The Morgan fingerprint density at radius 3 is 2.10 bits per heavy atom. The average Bonchev–Trinajstić information content (AvgIpc) is 2.37. The molecule has 2 atom stereocenters. The monoisotopic (exact) mass is 284 g/mol. The van der Waals surface area contributed by atoms with Gasteiger partial charge in [0.15, 0.2) is 0 Å².